The fourth-order valence-electron chi connectivity index (χ4n) is 3.26. The summed E-state index contributed by atoms with van der Waals surface area (Å²) < 4.78 is 1.53. The van der Waals surface area contributed by atoms with Crippen LogP contribution >= 0.6 is 0 Å². The molecule has 4 rings (SSSR count). The summed E-state index contributed by atoms with van der Waals surface area (Å²) in [6, 6.07) is 23.7. The maximum Gasteiger partial charge on any atom is 0.263 e. The van der Waals surface area contributed by atoms with Crippen LogP contribution in [0.3, 0.4) is 0 Å². The third-order valence-corrected chi connectivity index (χ3v) is 4.69. The SMILES string of the molecule is N#Cc1ccccc1-c1cc(-c2ccccn2)cn(-c2cccc(CO)c2)c1=O. The van der Waals surface area contributed by atoms with Crippen molar-refractivity contribution in [2.75, 3.05) is 0 Å². The number of pyridine rings is 2. The Labute approximate surface area is 167 Å². The molecular weight excluding hydrogens is 362 g/mol. The van der Waals surface area contributed by atoms with Gasteiger partial charge < -0.3 is 5.11 Å². The number of nitriles is 1. The molecular formula is C24H17N3O2. The molecule has 2 heterocycles. The van der Waals surface area contributed by atoms with Gasteiger partial charge in [0.05, 0.1) is 23.9 Å². The third kappa shape index (κ3) is 3.57. The minimum atomic E-state index is -0.248. The third-order valence-electron chi connectivity index (χ3n) is 4.69. The Kier molecular flexibility index (Phi) is 5.02. The molecule has 2 aromatic heterocycles. The van der Waals surface area contributed by atoms with Crippen LogP contribution in [0.25, 0.3) is 28.1 Å². The second-order valence-electron chi connectivity index (χ2n) is 6.52. The predicted octanol–water partition coefficient (Wildman–Crippen LogP) is 3.93. The summed E-state index contributed by atoms with van der Waals surface area (Å²) in [7, 11) is 0. The van der Waals surface area contributed by atoms with Crippen molar-refractivity contribution in [3.05, 3.63) is 107 Å². The van der Waals surface area contributed by atoms with E-state index < -0.39 is 0 Å². The Bertz CT molecular complexity index is 1270. The molecule has 0 radical (unpaired) electrons. The van der Waals surface area contributed by atoms with Gasteiger partial charge in [-0.25, -0.2) is 0 Å². The maximum atomic E-state index is 13.4. The number of nitrogens with zero attached hydrogens (tertiary/aromatic N) is 3. The van der Waals surface area contributed by atoms with E-state index in [0.29, 0.717) is 27.9 Å². The van der Waals surface area contributed by atoms with Crippen LogP contribution in [-0.2, 0) is 6.61 Å². The predicted molar refractivity (Wildman–Crippen MR) is 111 cm³/mol. The van der Waals surface area contributed by atoms with Gasteiger partial charge in [-0.2, -0.15) is 5.26 Å². The summed E-state index contributed by atoms with van der Waals surface area (Å²) in [6.07, 6.45) is 3.43. The van der Waals surface area contributed by atoms with Crippen LogP contribution in [0.15, 0.2) is 90.0 Å². The molecule has 2 aromatic carbocycles. The van der Waals surface area contributed by atoms with E-state index in [1.54, 1.807) is 60.9 Å². The van der Waals surface area contributed by atoms with Crippen LogP contribution in [-0.4, -0.2) is 14.7 Å². The van der Waals surface area contributed by atoms with Crippen molar-refractivity contribution in [3.63, 3.8) is 0 Å². The van der Waals surface area contributed by atoms with E-state index in [4.69, 9.17) is 0 Å². The minimum absolute atomic E-state index is 0.118. The van der Waals surface area contributed by atoms with Gasteiger partial charge in [0.15, 0.2) is 0 Å². The van der Waals surface area contributed by atoms with Gasteiger partial charge in [-0.15, -0.1) is 0 Å². The first kappa shape index (κ1) is 18.4. The largest absolute Gasteiger partial charge is 0.392 e. The summed E-state index contributed by atoms with van der Waals surface area (Å²) in [5, 5.41) is 19.0. The molecule has 4 aromatic rings. The molecule has 0 fully saturated rings. The Morgan fingerprint density at radius 1 is 0.966 bits per heavy atom. The van der Waals surface area contributed by atoms with Crippen molar-refractivity contribution >= 4 is 0 Å². The zero-order chi connectivity index (χ0) is 20.2. The molecule has 5 nitrogen and oxygen atoms in total. The van der Waals surface area contributed by atoms with E-state index in [0.717, 1.165) is 11.3 Å². The smallest absolute Gasteiger partial charge is 0.263 e. The maximum absolute atomic E-state index is 13.4. The summed E-state index contributed by atoms with van der Waals surface area (Å²) in [5.74, 6) is 0. The summed E-state index contributed by atoms with van der Waals surface area (Å²) in [6.45, 7) is -0.118. The Morgan fingerprint density at radius 3 is 2.55 bits per heavy atom. The highest BCUT2D eigenvalue weighted by molar-refractivity contribution is 5.74. The van der Waals surface area contributed by atoms with Crippen molar-refractivity contribution < 1.29 is 5.11 Å². The Balaban J connectivity index is 2.03. The van der Waals surface area contributed by atoms with Crippen molar-refractivity contribution in [1.82, 2.24) is 9.55 Å². The fourth-order valence-corrected chi connectivity index (χ4v) is 3.26. The molecule has 0 unspecified atom stereocenters. The molecule has 140 valence electrons. The first-order chi connectivity index (χ1) is 14.2. The van der Waals surface area contributed by atoms with Crippen molar-refractivity contribution in [2.45, 2.75) is 6.61 Å². The first-order valence-electron chi connectivity index (χ1n) is 9.09. The van der Waals surface area contributed by atoms with E-state index in [-0.39, 0.29) is 12.2 Å². The van der Waals surface area contributed by atoms with Crippen molar-refractivity contribution in [1.29, 1.82) is 5.26 Å². The second-order valence-corrected chi connectivity index (χ2v) is 6.52. The summed E-state index contributed by atoms with van der Waals surface area (Å²) in [4.78, 5) is 17.8. The van der Waals surface area contributed by atoms with E-state index in [2.05, 4.69) is 11.1 Å². The molecule has 0 saturated heterocycles. The van der Waals surface area contributed by atoms with Gasteiger partial charge >= 0.3 is 0 Å². The van der Waals surface area contributed by atoms with E-state index in [1.807, 2.05) is 24.3 Å². The molecule has 0 bridgehead atoms. The van der Waals surface area contributed by atoms with Gasteiger partial charge in [-0.05, 0) is 42.0 Å². The average Bonchev–Trinajstić information content (AvgIpc) is 2.80. The number of aliphatic hydroxyl groups is 1. The number of benzene rings is 2. The molecule has 0 aliphatic heterocycles. The molecule has 0 atom stereocenters. The molecule has 29 heavy (non-hydrogen) atoms. The van der Waals surface area contributed by atoms with Gasteiger partial charge in [0.25, 0.3) is 5.56 Å². The van der Waals surface area contributed by atoms with Gasteiger partial charge in [0.1, 0.15) is 0 Å². The molecule has 0 saturated carbocycles. The van der Waals surface area contributed by atoms with Crippen LogP contribution in [0.4, 0.5) is 0 Å². The molecule has 0 amide bonds. The van der Waals surface area contributed by atoms with Gasteiger partial charge in [0, 0.05) is 34.8 Å². The zero-order valence-corrected chi connectivity index (χ0v) is 15.5. The quantitative estimate of drug-likeness (QED) is 0.583. The normalized spacial score (nSPS) is 10.5. The summed E-state index contributed by atoms with van der Waals surface area (Å²) in [5.41, 5.74) is 3.98. The first-order valence-corrected chi connectivity index (χ1v) is 9.09. The summed E-state index contributed by atoms with van der Waals surface area (Å²) >= 11 is 0. The highest BCUT2D eigenvalue weighted by Crippen LogP contribution is 2.26. The van der Waals surface area contributed by atoms with Crippen molar-refractivity contribution in [2.24, 2.45) is 0 Å². The van der Waals surface area contributed by atoms with E-state index in [9.17, 15) is 15.2 Å². The molecule has 0 spiro atoms. The lowest BCUT2D eigenvalue weighted by Crippen LogP contribution is -2.20. The number of aromatic nitrogens is 2. The van der Waals surface area contributed by atoms with E-state index >= 15 is 0 Å². The number of hydrogen-bond acceptors (Lipinski definition) is 4. The Morgan fingerprint density at radius 2 is 1.79 bits per heavy atom. The van der Waals surface area contributed by atoms with Crippen molar-refractivity contribution in [3.8, 4) is 34.1 Å². The topological polar surface area (TPSA) is 78.9 Å². The lowest BCUT2D eigenvalue weighted by molar-refractivity contribution is 0.282. The lowest BCUT2D eigenvalue weighted by atomic mass is 9.99. The highest BCUT2D eigenvalue weighted by Gasteiger charge is 2.15. The zero-order valence-electron chi connectivity index (χ0n) is 15.5. The van der Waals surface area contributed by atoms with Gasteiger partial charge in [-0.3, -0.25) is 14.3 Å². The molecule has 1 N–H and O–H groups in total. The number of aliphatic hydroxyl groups excluding tert-OH is 1. The van der Waals surface area contributed by atoms with Gasteiger partial charge in [0.2, 0.25) is 0 Å². The molecule has 5 heteroatoms. The average molecular weight is 379 g/mol. The monoisotopic (exact) mass is 379 g/mol. The lowest BCUT2D eigenvalue weighted by Gasteiger charge is -2.13. The van der Waals surface area contributed by atoms with Crippen LogP contribution in [0.5, 0.6) is 0 Å². The Hall–Kier alpha value is -4.01. The number of hydrogen-bond donors (Lipinski definition) is 1. The van der Waals surface area contributed by atoms with Crippen LogP contribution in [0.1, 0.15) is 11.1 Å². The number of rotatable bonds is 4. The van der Waals surface area contributed by atoms with Crippen LogP contribution < -0.4 is 5.56 Å². The second kappa shape index (κ2) is 7.93. The highest BCUT2D eigenvalue weighted by atomic mass is 16.3. The van der Waals surface area contributed by atoms with Crippen LogP contribution in [0, 0.1) is 11.3 Å². The van der Waals surface area contributed by atoms with Gasteiger partial charge in [-0.1, -0.05) is 36.4 Å². The van der Waals surface area contributed by atoms with E-state index in [1.165, 1.54) is 4.57 Å². The molecule has 0 aliphatic carbocycles. The standard InChI is InChI=1S/C24H17N3O2/c25-14-18-7-1-2-9-21(18)22-13-19(23-10-3-4-11-26-23)15-27(24(22)29)20-8-5-6-17(12-20)16-28/h1-13,15,28H,16H2. The minimum Gasteiger partial charge on any atom is -0.392 e. The van der Waals surface area contributed by atoms with Crippen LogP contribution in [0.2, 0.25) is 0 Å². The fraction of sp³-hybridized carbons (Fsp3) is 0.0417. The molecule has 0 aliphatic rings.